The smallest absolute Gasteiger partial charge is 0.124 e. The normalized spacial score (nSPS) is 10.4. The van der Waals surface area contributed by atoms with Gasteiger partial charge < -0.3 is 10.1 Å². The Labute approximate surface area is 122 Å². The molecule has 0 amide bonds. The van der Waals surface area contributed by atoms with Crippen LogP contribution in [-0.2, 0) is 13.2 Å². The summed E-state index contributed by atoms with van der Waals surface area (Å²) in [5, 5.41) is 3.32. The third-order valence-corrected chi connectivity index (χ3v) is 3.31. The molecule has 0 spiro atoms. The molecule has 0 unspecified atom stereocenters. The van der Waals surface area contributed by atoms with Crippen molar-refractivity contribution in [3.05, 3.63) is 64.1 Å². The molecule has 0 aliphatic rings. The lowest BCUT2D eigenvalue weighted by Gasteiger charge is -2.12. The van der Waals surface area contributed by atoms with Gasteiger partial charge in [0.05, 0.1) is 0 Å². The molecule has 100 valence electrons. The highest BCUT2D eigenvalue weighted by Gasteiger charge is 2.03. The topological polar surface area (TPSA) is 21.3 Å². The van der Waals surface area contributed by atoms with Gasteiger partial charge in [-0.2, -0.15) is 0 Å². The van der Waals surface area contributed by atoms with Crippen LogP contribution >= 0.6 is 15.9 Å². The van der Waals surface area contributed by atoms with Crippen molar-refractivity contribution in [3.8, 4) is 5.75 Å². The Hall–Kier alpha value is -1.32. The zero-order chi connectivity index (χ0) is 13.5. The number of halogens is 1. The summed E-state index contributed by atoms with van der Waals surface area (Å²) in [5.41, 5.74) is 2.35. The van der Waals surface area contributed by atoms with E-state index in [2.05, 4.69) is 46.4 Å². The van der Waals surface area contributed by atoms with Crippen LogP contribution in [0.2, 0.25) is 0 Å². The summed E-state index contributed by atoms with van der Waals surface area (Å²) in [5.74, 6) is 0.948. The number of hydrogen-bond acceptors (Lipinski definition) is 2. The van der Waals surface area contributed by atoms with Crippen molar-refractivity contribution in [2.24, 2.45) is 0 Å². The maximum Gasteiger partial charge on any atom is 0.124 e. The predicted octanol–water partition coefficient (Wildman–Crippen LogP) is 4.14. The highest BCUT2D eigenvalue weighted by Crippen LogP contribution is 2.20. The van der Waals surface area contributed by atoms with E-state index in [1.807, 2.05) is 30.3 Å². The van der Waals surface area contributed by atoms with Crippen molar-refractivity contribution in [2.75, 3.05) is 6.54 Å². The first-order valence-electron chi connectivity index (χ1n) is 6.45. The van der Waals surface area contributed by atoms with E-state index in [-0.39, 0.29) is 0 Å². The fourth-order valence-corrected chi connectivity index (χ4v) is 2.28. The molecule has 1 N–H and O–H groups in total. The van der Waals surface area contributed by atoms with Crippen LogP contribution in [0.5, 0.6) is 5.75 Å². The Kier molecular flexibility index (Phi) is 5.43. The summed E-state index contributed by atoms with van der Waals surface area (Å²) < 4.78 is 6.99. The molecule has 2 rings (SSSR count). The van der Waals surface area contributed by atoms with Crippen LogP contribution < -0.4 is 10.1 Å². The van der Waals surface area contributed by atoms with Crippen LogP contribution in [0.1, 0.15) is 18.1 Å². The van der Waals surface area contributed by atoms with Crippen molar-refractivity contribution >= 4 is 15.9 Å². The molecular formula is C16H18BrNO. The molecule has 0 radical (unpaired) electrons. The first-order chi connectivity index (χ1) is 9.29. The second-order valence-corrected chi connectivity index (χ2v) is 5.22. The van der Waals surface area contributed by atoms with Gasteiger partial charge in [-0.1, -0.05) is 53.2 Å². The van der Waals surface area contributed by atoms with E-state index < -0.39 is 0 Å². The fraction of sp³-hybridized carbons (Fsp3) is 0.250. The van der Waals surface area contributed by atoms with Gasteiger partial charge in [0.25, 0.3) is 0 Å². The van der Waals surface area contributed by atoms with Gasteiger partial charge in [0.2, 0.25) is 0 Å². The maximum absolute atomic E-state index is 5.91. The molecule has 2 nitrogen and oxygen atoms in total. The SMILES string of the molecule is CCNCc1ccccc1OCc1cccc(Br)c1. The average molecular weight is 320 g/mol. The Balaban J connectivity index is 2.02. The van der Waals surface area contributed by atoms with E-state index in [4.69, 9.17) is 4.74 Å². The van der Waals surface area contributed by atoms with E-state index in [0.29, 0.717) is 6.61 Å². The second-order valence-electron chi connectivity index (χ2n) is 4.31. The van der Waals surface area contributed by atoms with Gasteiger partial charge in [-0.25, -0.2) is 0 Å². The molecule has 3 heteroatoms. The largest absolute Gasteiger partial charge is 0.489 e. The summed E-state index contributed by atoms with van der Waals surface area (Å²) in [4.78, 5) is 0. The molecule has 0 saturated heterocycles. The Morgan fingerprint density at radius 2 is 1.95 bits per heavy atom. The number of nitrogens with one attached hydrogen (secondary N) is 1. The Morgan fingerprint density at radius 1 is 1.11 bits per heavy atom. The molecule has 19 heavy (non-hydrogen) atoms. The molecule has 0 aromatic heterocycles. The van der Waals surface area contributed by atoms with Crippen LogP contribution in [0.25, 0.3) is 0 Å². The molecule has 2 aromatic carbocycles. The number of ether oxygens (including phenoxy) is 1. The third kappa shape index (κ3) is 4.37. The quantitative estimate of drug-likeness (QED) is 0.864. The van der Waals surface area contributed by atoms with Crippen molar-refractivity contribution in [3.63, 3.8) is 0 Å². The van der Waals surface area contributed by atoms with Crippen molar-refractivity contribution in [2.45, 2.75) is 20.1 Å². The average Bonchev–Trinajstić information content (AvgIpc) is 2.44. The van der Waals surface area contributed by atoms with Crippen LogP contribution in [-0.4, -0.2) is 6.54 Å². The van der Waals surface area contributed by atoms with Crippen LogP contribution in [0.3, 0.4) is 0 Å². The first-order valence-corrected chi connectivity index (χ1v) is 7.24. The van der Waals surface area contributed by atoms with Gasteiger partial charge >= 0.3 is 0 Å². The summed E-state index contributed by atoms with van der Waals surface area (Å²) in [6.07, 6.45) is 0. The molecule has 0 saturated carbocycles. The highest BCUT2D eigenvalue weighted by molar-refractivity contribution is 9.10. The minimum absolute atomic E-state index is 0.586. The van der Waals surface area contributed by atoms with Crippen LogP contribution in [0.4, 0.5) is 0 Å². The highest BCUT2D eigenvalue weighted by atomic mass is 79.9. The zero-order valence-electron chi connectivity index (χ0n) is 11.0. The van der Waals surface area contributed by atoms with Crippen LogP contribution in [0.15, 0.2) is 53.0 Å². The number of hydrogen-bond donors (Lipinski definition) is 1. The monoisotopic (exact) mass is 319 g/mol. The van der Waals surface area contributed by atoms with Gasteiger partial charge in [0, 0.05) is 16.6 Å². The van der Waals surface area contributed by atoms with E-state index in [1.165, 1.54) is 5.56 Å². The van der Waals surface area contributed by atoms with Gasteiger partial charge in [0.1, 0.15) is 12.4 Å². The summed E-state index contributed by atoms with van der Waals surface area (Å²) in [7, 11) is 0. The third-order valence-electron chi connectivity index (χ3n) is 2.82. The van der Waals surface area contributed by atoms with Crippen molar-refractivity contribution < 1.29 is 4.74 Å². The molecule has 2 aromatic rings. The van der Waals surface area contributed by atoms with Crippen molar-refractivity contribution in [1.82, 2.24) is 5.32 Å². The van der Waals surface area contributed by atoms with Crippen LogP contribution in [0, 0.1) is 0 Å². The minimum Gasteiger partial charge on any atom is -0.489 e. The zero-order valence-corrected chi connectivity index (χ0v) is 12.6. The number of para-hydroxylation sites is 1. The van der Waals surface area contributed by atoms with Gasteiger partial charge in [-0.3, -0.25) is 0 Å². The summed E-state index contributed by atoms with van der Waals surface area (Å²) >= 11 is 3.47. The number of benzene rings is 2. The van der Waals surface area contributed by atoms with E-state index >= 15 is 0 Å². The minimum atomic E-state index is 0.586. The van der Waals surface area contributed by atoms with Crippen molar-refractivity contribution in [1.29, 1.82) is 0 Å². The maximum atomic E-state index is 5.91. The molecule has 0 fully saturated rings. The lowest BCUT2D eigenvalue weighted by Crippen LogP contribution is -2.12. The standard InChI is InChI=1S/C16H18BrNO/c1-2-18-11-14-7-3-4-9-16(14)19-12-13-6-5-8-15(17)10-13/h3-10,18H,2,11-12H2,1H3. The van der Waals surface area contributed by atoms with E-state index in [0.717, 1.165) is 28.9 Å². The molecule has 0 bridgehead atoms. The molecule has 0 atom stereocenters. The van der Waals surface area contributed by atoms with E-state index in [1.54, 1.807) is 0 Å². The summed E-state index contributed by atoms with van der Waals surface area (Å²) in [6, 6.07) is 16.3. The van der Waals surface area contributed by atoms with Gasteiger partial charge in [-0.15, -0.1) is 0 Å². The fourth-order valence-electron chi connectivity index (χ4n) is 1.84. The lowest BCUT2D eigenvalue weighted by molar-refractivity contribution is 0.302. The Morgan fingerprint density at radius 3 is 2.74 bits per heavy atom. The van der Waals surface area contributed by atoms with Gasteiger partial charge in [0.15, 0.2) is 0 Å². The molecule has 0 aliphatic heterocycles. The molecule has 0 heterocycles. The Bertz CT molecular complexity index is 528. The lowest BCUT2D eigenvalue weighted by atomic mass is 10.2. The predicted molar refractivity (Wildman–Crippen MR) is 82.3 cm³/mol. The molecule has 0 aliphatic carbocycles. The summed E-state index contributed by atoms with van der Waals surface area (Å²) in [6.45, 7) is 4.48. The number of rotatable bonds is 6. The molecular weight excluding hydrogens is 302 g/mol. The second kappa shape index (κ2) is 7.31. The van der Waals surface area contributed by atoms with E-state index in [9.17, 15) is 0 Å². The first kappa shape index (κ1) is 14.1. The van der Waals surface area contributed by atoms with Gasteiger partial charge in [-0.05, 0) is 30.3 Å².